The number of benzene rings is 1. The Kier molecular flexibility index (Phi) is 5.43. The molecule has 1 fully saturated rings. The molecule has 0 radical (unpaired) electrons. The highest BCUT2D eigenvalue weighted by Crippen LogP contribution is 2.29. The molecule has 8 heteroatoms. The molecule has 1 aromatic carbocycles. The SMILES string of the molecule is Cc1ccccc1OC[C@@H]1CCCN(C(=O)c2cc(C(F)(F)F)nn2C)C1. The molecule has 0 aliphatic carbocycles. The van der Waals surface area contributed by atoms with Gasteiger partial charge in [-0.15, -0.1) is 0 Å². The van der Waals surface area contributed by atoms with Crippen molar-refractivity contribution < 1.29 is 22.7 Å². The Labute approximate surface area is 155 Å². The average molecular weight is 381 g/mol. The number of amides is 1. The van der Waals surface area contributed by atoms with E-state index in [0.29, 0.717) is 19.7 Å². The summed E-state index contributed by atoms with van der Waals surface area (Å²) < 4.78 is 45.4. The van der Waals surface area contributed by atoms with E-state index in [9.17, 15) is 18.0 Å². The first kappa shape index (κ1) is 19.3. The largest absolute Gasteiger partial charge is 0.493 e. The van der Waals surface area contributed by atoms with Crippen molar-refractivity contribution in [1.82, 2.24) is 14.7 Å². The van der Waals surface area contributed by atoms with Gasteiger partial charge in [-0.3, -0.25) is 9.48 Å². The fourth-order valence-corrected chi connectivity index (χ4v) is 3.28. The molecule has 0 unspecified atom stereocenters. The van der Waals surface area contributed by atoms with E-state index in [-0.39, 0.29) is 11.6 Å². The maximum Gasteiger partial charge on any atom is 0.435 e. The lowest BCUT2D eigenvalue weighted by atomic mass is 9.98. The maximum absolute atomic E-state index is 12.8. The number of alkyl halides is 3. The lowest BCUT2D eigenvalue weighted by Crippen LogP contribution is -2.42. The van der Waals surface area contributed by atoms with Crippen molar-refractivity contribution in [2.24, 2.45) is 13.0 Å². The van der Waals surface area contributed by atoms with E-state index in [2.05, 4.69) is 5.10 Å². The third-order valence-corrected chi connectivity index (χ3v) is 4.76. The molecule has 146 valence electrons. The zero-order valence-corrected chi connectivity index (χ0v) is 15.3. The fraction of sp³-hybridized carbons (Fsp3) is 0.474. The molecule has 3 rings (SSSR count). The van der Waals surface area contributed by atoms with Gasteiger partial charge in [0.1, 0.15) is 11.4 Å². The van der Waals surface area contributed by atoms with E-state index >= 15 is 0 Å². The van der Waals surface area contributed by atoms with E-state index in [0.717, 1.165) is 34.9 Å². The van der Waals surface area contributed by atoms with Crippen molar-refractivity contribution in [3.8, 4) is 5.75 Å². The monoisotopic (exact) mass is 381 g/mol. The van der Waals surface area contributed by atoms with Crippen LogP contribution in [0, 0.1) is 12.8 Å². The highest BCUT2D eigenvalue weighted by molar-refractivity contribution is 5.92. The summed E-state index contributed by atoms with van der Waals surface area (Å²) in [6.07, 6.45) is -2.87. The van der Waals surface area contributed by atoms with E-state index in [1.165, 1.54) is 7.05 Å². The Morgan fingerprint density at radius 3 is 2.74 bits per heavy atom. The second-order valence-corrected chi connectivity index (χ2v) is 6.87. The van der Waals surface area contributed by atoms with Gasteiger partial charge < -0.3 is 9.64 Å². The van der Waals surface area contributed by atoms with Crippen LogP contribution < -0.4 is 4.74 Å². The van der Waals surface area contributed by atoms with E-state index in [1.54, 1.807) is 4.90 Å². The summed E-state index contributed by atoms with van der Waals surface area (Å²) in [5.41, 5.74) is -0.0663. The van der Waals surface area contributed by atoms with Crippen LogP contribution in [0.3, 0.4) is 0 Å². The summed E-state index contributed by atoms with van der Waals surface area (Å²) >= 11 is 0. The van der Waals surface area contributed by atoms with Crippen molar-refractivity contribution in [3.05, 3.63) is 47.3 Å². The highest BCUT2D eigenvalue weighted by Gasteiger charge is 2.36. The molecular weight excluding hydrogens is 359 g/mol. The van der Waals surface area contributed by atoms with Crippen molar-refractivity contribution in [1.29, 1.82) is 0 Å². The van der Waals surface area contributed by atoms with E-state index < -0.39 is 17.8 Å². The van der Waals surface area contributed by atoms with Gasteiger partial charge in [-0.1, -0.05) is 18.2 Å². The number of aryl methyl sites for hydroxylation is 2. The number of carbonyl (C=O) groups excluding carboxylic acids is 1. The van der Waals surface area contributed by atoms with Gasteiger partial charge in [-0.25, -0.2) is 0 Å². The molecule has 5 nitrogen and oxygen atoms in total. The number of aromatic nitrogens is 2. The first-order valence-corrected chi connectivity index (χ1v) is 8.84. The Morgan fingerprint density at radius 1 is 1.33 bits per heavy atom. The van der Waals surface area contributed by atoms with Crippen molar-refractivity contribution in [2.75, 3.05) is 19.7 Å². The van der Waals surface area contributed by atoms with Crippen LogP contribution in [0.2, 0.25) is 0 Å². The number of para-hydroxylation sites is 1. The lowest BCUT2D eigenvalue weighted by Gasteiger charge is -2.32. The predicted molar refractivity (Wildman–Crippen MR) is 93.5 cm³/mol. The molecular formula is C19H22F3N3O2. The van der Waals surface area contributed by atoms with Crippen LogP contribution in [-0.2, 0) is 13.2 Å². The second-order valence-electron chi connectivity index (χ2n) is 6.87. The van der Waals surface area contributed by atoms with Crippen LogP contribution in [0.5, 0.6) is 5.75 Å². The Balaban J connectivity index is 1.65. The molecule has 1 aliphatic rings. The van der Waals surface area contributed by atoms with Gasteiger partial charge in [0.25, 0.3) is 5.91 Å². The van der Waals surface area contributed by atoms with Crippen LogP contribution >= 0.6 is 0 Å². The topological polar surface area (TPSA) is 47.4 Å². The molecule has 1 saturated heterocycles. The summed E-state index contributed by atoms with van der Waals surface area (Å²) in [6, 6.07) is 8.52. The zero-order valence-electron chi connectivity index (χ0n) is 15.3. The molecule has 0 N–H and O–H groups in total. The summed E-state index contributed by atoms with van der Waals surface area (Å²) in [5, 5.41) is 3.42. The number of ether oxygens (including phenoxy) is 1. The molecule has 27 heavy (non-hydrogen) atoms. The minimum Gasteiger partial charge on any atom is -0.493 e. The number of nitrogens with zero attached hydrogens (tertiary/aromatic N) is 3. The third kappa shape index (κ3) is 4.43. The highest BCUT2D eigenvalue weighted by atomic mass is 19.4. The number of piperidine rings is 1. The van der Waals surface area contributed by atoms with Crippen LogP contribution in [0.1, 0.15) is 34.6 Å². The van der Waals surface area contributed by atoms with Crippen LogP contribution in [0.15, 0.2) is 30.3 Å². The van der Waals surface area contributed by atoms with Crippen LogP contribution in [0.25, 0.3) is 0 Å². The van der Waals surface area contributed by atoms with Crippen LogP contribution in [-0.4, -0.2) is 40.3 Å². The van der Waals surface area contributed by atoms with Gasteiger partial charge in [0.15, 0.2) is 5.69 Å². The van der Waals surface area contributed by atoms with Crippen molar-refractivity contribution in [2.45, 2.75) is 25.9 Å². The molecule has 0 spiro atoms. The summed E-state index contributed by atoms with van der Waals surface area (Å²) in [7, 11) is 1.35. The van der Waals surface area contributed by atoms with Gasteiger partial charge in [0.05, 0.1) is 6.61 Å². The minimum absolute atomic E-state index is 0.0530. The Bertz CT molecular complexity index is 817. The first-order valence-electron chi connectivity index (χ1n) is 8.84. The quantitative estimate of drug-likeness (QED) is 0.812. The summed E-state index contributed by atoms with van der Waals surface area (Å²) in [5.74, 6) is 0.515. The van der Waals surface area contributed by atoms with E-state index in [4.69, 9.17) is 4.74 Å². The first-order chi connectivity index (χ1) is 12.8. The standard InChI is InChI=1S/C19H22F3N3O2/c1-13-6-3-4-8-16(13)27-12-14-7-5-9-25(11-14)18(26)15-10-17(19(20,21)22)23-24(15)2/h3-4,6,8,10,14H,5,7,9,11-12H2,1-2H3/t14-/m1/s1. The number of carbonyl (C=O) groups is 1. The van der Waals surface area contributed by atoms with Gasteiger partial charge in [0, 0.05) is 32.1 Å². The molecule has 2 aromatic rings. The number of rotatable bonds is 4. The average Bonchev–Trinajstić information content (AvgIpc) is 3.03. The normalized spacial score (nSPS) is 17.8. The second kappa shape index (κ2) is 7.62. The summed E-state index contributed by atoms with van der Waals surface area (Å²) in [4.78, 5) is 14.3. The van der Waals surface area contributed by atoms with E-state index in [1.807, 2.05) is 31.2 Å². The third-order valence-electron chi connectivity index (χ3n) is 4.76. The molecule has 0 saturated carbocycles. The minimum atomic E-state index is -4.57. The summed E-state index contributed by atoms with van der Waals surface area (Å²) in [6.45, 7) is 3.41. The van der Waals surface area contributed by atoms with Gasteiger partial charge in [0.2, 0.25) is 0 Å². The number of halogens is 3. The predicted octanol–water partition coefficient (Wildman–Crippen LogP) is 3.68. The Hall–Kier alpha value is -2.51. The maximum atomic E-state index is 12.8. The Morgan fingerprint density at radius 2 is 2.07 bits per heavy atom. The number of hydrogen-bond acceptors (Lipinski definition) is 3. The molecule has 1 atom stereocenters. The van der Waals surface area contributed by atoms with Crippen LogP contribution in [0.4, 0.5) is 13.2 Å². The fourth-order valence-electron chi connectivity index (χ4n) is 3.28. The molecule has 1 aliphatic heterocycles. The molecule has 1 amide bonds. The zero-order chi connectivity index (χ0) is 19.6. The number of hydrogen-bond donors (Lipinski definition) is 0. The van der Waals surface area contributed by atoms with Gasteiger partial charge in [-0.2, -0.15) is 18.3 Å². The van der Waals surface area contributed by atoms with Gasteiger partial charge in [-0.05, 0) is 31.4 Å². The number of likely N-dealkylation sites (tertiary alicyclic amines) is 1. The van der Waals surface area contributed by atoms with Gasteiger partial charge >= 0.3 is 6.18 Å². The van der Waals surface area contributed by atoms with Crippen molar-refractivity contribution in [3.63, 3.8) is 0 Å². The van der Waals surface area contributed by atoms with Crippen molar-refractivity contribution >= 4 is 5.91 Å². The molecule has 2 heterocycles. The molecule has 0 bridgehead atoms. The lowest BCUT2D eigenvalue weighted by molar-refractivity contribution is -0.141. The smallest absolute Gasteiger partial charge is 0.435 e. The molecule has 1 aromatic heterocycles.